The molecule has 142 valence electrons. The Bertz CT molecular complexity index is 905. The molecule has 2 aromatic carbocycles. The third kappa shape index (κ3) is 4.91. The zero-order chi connectivity index (χ0) is 20.1. The van der Waals surface area contributed by atoms with Crippen LogP contribution in [0.4, 0.5) is 15.8 Å². The van der Waals surface area contributed by atoms with Gasteiger partial charge in [-0.2, -0.15) is 0 Å². The largest absolute Gasteiger partial charge is 0.495 e. The third-order valence-corrected chi connectivity index (χ3v) is 3.77. The lowest BCUT2D eigenvalue weighted by Gasteiger charge is -2.15. The van der Waals surface area contributed by atoms with E-state index in [1.807, 2.05) is 0 Å². The fourth-order valence-corrected chi connectivity index (χ4v) is 2.32. The molecule has 10 heteroatoms. The second-order valence-electron chi connectivity index (χ2n) is 5.30. The van der Waals surface area contributed by atoms with Crippen LogP contribution in [-0.2, 0) is 9.53 Å². The first kappa shape index (κ1) is 20.1. The molecule has 0 heterocycles. The molecule has 0 aromatic heterocycles. The zero-order valence-corrected chi connectivity index (χ0v) is 15.0. The molecule has 0 saturated heterocycles. The number of benzene rings is 2. The highest BCUT2D eigenvalue weighted by Gasteiger charge is 2.22. The van der Waals surface area contributed by atoms with Crippen LogP contribution >= 0.6 is 11.6 Å². The van der Waals surface area contributed by atoms with Crippen LogP contribution in [0.2, 0.25) is 5.02 Å². The minimum Gasteiger partial charge on any atom is -0.495 e. The summed E-state index contributed by atoms with van der Waals surface area (Å²) in [6, 6.07) is 6.76. The van der Waals surface area contributed by atoms with Gasteiger partial charge in [-0.1, -0.05) is 11.6 Å². The van der Waals surface area contributed by atoms with Crippen molar-refractivity contribution in [1.82, 2.24) is 0 Å². The average molecular weight is 397 g/mol. The summed E-state index contributed by atoms with van der Waals surface area (Å²) in [5, 5.41) is 13.1. The van der Waals surface area contributed by atoms with Crippen LogP contribution < -0.4 is 10.1 Å². The number of non-ortho nitro benzene ring substituents is 1. The van der Waals surface area contributed by atoms with E-state index in [-0.39, 0.29) is 27.7 Å². The first-order valence-corrected chi connectivity index (χ1v) is 7.90. The molecule has 0 aliphatic rings. The fourth-order valence-electron chi connectivity index (χ4n) is 2.07. The molecule has 0 saturated carbocycles. The summed E-state index contributed by atoms with van der Waals surface area (Å²) >= 11 is 5.78. The number of nitrogens with zero attached hydrogens (tertiary/aromatic N) is 1. The summed E-state index contributed by atoms with van der Waals surface area (Å²) in [4.78, 5) is 34.6. The summed E-state index contributed by atoms with van der Waals surface area (Å²) in [6.07, 6.45) is -1.26. The summed E-state index contributed by atoms with van der Waals surface area (Å²) in [5.74, 6) is -2.11. The number of ether oxygens (including phenoxy) is 2. The van der Waals surface area contributed by atoms with E-state index in [1.54, 1.807) is 0 Å². The Labute approximate surface area is 158 Å². The SMILES string of the molecule is COc1ccc([N+](=O)[O-])cc1NC(=O)[C@H](C)OC(=O)c1ccc(F)cc1Cl. The number of hydrogen-bond donors (Lipinski definition) is 1. The minimum absolute atomic E-state index is 0.0411. The Morgan fingerprint density at radius 1 is 1.26 bits per heavy atom. The number of esters is 1. The standard InChI is InChI=1S/C17H14ClFN2O6/c1-9(27-17(23)12-5-3-10(19)7-13(12)18)16(22)20-14-8-11(21(24)25)4-6-15(14)26-2/h3-9H,1-2H3,(H,20,22)/t9-/m0/s1. The normalized spacial score (nSPS) is 11.4. The predicted octanol–water partition coefficient (Wildman–Crippen LogP) is 3.58. The number of rotatable bonds is 6. The van der Waals surface area contributed by atoms with Gasteiger partial charge in [0.25, 0.3) is 11.6 Å². The molecule has 0 unspecified atom stereocenters. The van der Waals surface area contributed by atoms with Gasteiger partial charge in [-0.15, -0.1) is 0 Å². The van der Waals surface area contributed by atoms with Crippen LogP contribution in [0.25, 0.3) is 0 Å². The van der Waals surface area contributed by atoms with Crippen LogP contribution in [-0.4, -0.2) is 30.0 Å². The Morgan fingerprint density at radius 2 is 1.96 bits per heavy atom. The van der Waals surface area contributed by atoms with Gasteiger partial charge in [0.2, 0.25) is 0 Å². The topological polar surface area (TPSA) is 108 Å². The minimum atomic E-state index is -1.26. The van der Waals surface area contributed by atoms with Crippen molar-refractivity contribution in [2.24, 2.45) is 0 Å². The second kappa shape index (κ2) is 8.45. The number of halogens is 2. The fraction of sp³-hybridized carbons (Fsp3) is 0.176. The number of anilines is 1. The quantitative estimate of drug-likeness (QED) is 0.454. The highest BCUT2D eigenvalue weighted by molar-refractivity contribution is 6.33. The molecule has 2 rings (SSSR count). The van der Waals surface area contributed by atoms with Crippen molar-refractivity contribution in [3.8, 4) is 5.75 Å². The van der Waals surface area contributed by atoms with Crippen LogP contribution in [0.15, 0.2) is 36.4 Å². The first-order chi connectivity index (χ1) is 12.7. The van der Waals surface area contributed by atoms with Crippen LogP contribution in [0.5, 0.6) is 5.75 Å². The molecule has 8 nitrogen and oxygen atoms in total. The average Bonchev–Trinajstić information content (AvgIpc) is 2.61. The van der Waals surface area contributed by atoms with Gasteiger partial charge >= 0.3 is 5.97 Å². The van der Waals surface area contributed by atoms with Gasteiger partial charge in [-0.25, -0.2) is 9.18 Å². The molecule has 0 spiro atoms. The lowest BCUT2D eigenvalue weighted by Crippen LogP contribution is -2.30. The Balaban J connectivity index is 2.12. The van der Waals surface area contributed by atoms with Crippen molar-refractivity contribution in [2.75, 3.05) is 12.4 Å². The Kier molecular flexibility index (Phi) is 6.30. The maximum atomic E-state index is 13.0. The molecule has 0 bridgehead atoms. The smallest absolute Gasteiger partial charge is 0.340 e. The number of nitrogens with one attached hydrogen (secondary N) is 1. The zero-order valence-electron chi connectivity index (χ0n) is 14.2. The molecule has 0 radical (unpaired) electrons. The Hall–Kier alpha value is -3.20. The highest BCUT2D eigenvalue weighted by Crippen LogP contribution is 2.29. The van der Waals surface area contributed by atoms with Gasteiger partial charge in [0.15, 0.2) is 6.10 Å². The van der Waals surface area contributed by atoms with Gasteiger partial charge in [-0.05, 0) is 31.2 Å². The monoisotopic (exact) mass is 396 g/mol. The lowest BCUT2D eigenvalue weighted by atomic mass is 10.2. The number of hydrogen-bond acceptors (Lipinski definition) is 6. The van der Waals surface area contributed by atoms with Gasteiger partial charge in [0, 0.05) is 12.1 Å². The maximum absolute atomic E-state index is 13.0. The van der Waals surface area contributed by atoms with E-state index in [0.717, 1.165) is 24.3 Å². The summed E-state index contributed by atoms with van der Waals surface area (Å²) < 4.78 is 23.1. The maximum Gasteiger partial charge on any atom is 0.340 e. The number of carbonyl (C=O) groups excluding carboxylic acids is 2. The molecule has 27 heavy (non-hydrogen) atoms. The number of methoxy groups -OCH3 is 1. The summed E-state index contributed by atoms with van der Waals surface area (Å²) in [5.41, 5.74) is -0.320. The molecule has 1 amide bonds. The molecule has 0 fully saturated rings. The summed E-state index contributed by atoms with van der Waals surface area (Å²) in [6.45, 7) is 1.30. The molecule has 0 aliphatic heterocycles. The highest BCUT2D eigenvalue weighted by atomic mass is 35.5. The van der Waals surface area contributed by atoms with Crippen LogP contribution in [0.3, 0.4) is 0 Å². The van der Waals surface area contributed by atoms with Crippen LogP contribution in [0, 0.1) is 15.9 Å². The molecule has 1 atom stereocenters. The van der Waals surface area contributed by atoms with Gasteiger partial charge in [-0.3, -0.25) is 14.9 Å². The summed E-state index contributed by atoms with van der Waals surface area (Å²) in [7, 11) is 1.33. The van der Waals surface area contributed by atoms with Crippen molar-refractivity contribution in [3.05, 3.63) is 62.9 Å². The van der Waals surface area contributed by atoms with Gasteiger partial charge in [0.1, 0.15) is 11.6 Å². The van der Waals surface area contributed by atoms with Crippen molar-refractivity contribution in [3.63, 3.8) is 0 Å². The number of amides is 1. The number of nitro benzene ring substituents is 1. The van der Waals surface area contributed by atoms with Crippen molar-refractivity contribution in [2.45, 2.75) is 13.0 Å². The van der Waals surface area contributed by atoms with E-state index in [1.165, 1.54) is 26.2 Å². The third-order valence-electron chi connectivity index (χ3n) is 3.46. The molecule has 0 aliphatic carbocycles. The van der Waals surface area contributed by atoms with E-state index in [2.05, 4.69) is 5.32 Å². The molecular formula is C17H14ClFN2O6. The first-order valence-electron chi connectivity index (χ1n) is 7.52. The molecule has 1 N–H and O–H groups in total. The molecular weight excluding hydrogens is 383 g/mol. The van der Waals surface area contributed by atoms with Crippen molar-refractivity contribution in [1.29, 1.82) is 0 Å². The predicted molar refractivity (Wildman–Crippen MR) is 94.6 cm³/mol. The van der Waals surface area contributed by atoms with E-state index in [4.69, 9.17) is 21.1 Å². The molecule has 2 aromatic rings. The second-order valence-corrected chi connectivity index (χ2v) is 5.71. The van der Waals surface area contributed by atoms with Gasteiger partial charge < -0.3 is 14.8 Å². The number of nitro groups is 1. The van der Waals surface area contributed by atoms with Crippen molar-refractivity contribution >= 4 is 34.9 Å². The van der Waals surface area contributed by atoms with E-state index < -0.39 is 28.7 Å². The van der Waals surface area contributed by atoms with Crippen LogP contribution in [0.1, 0.15) is 17.3 Å². The van der Waals surface area contributed by atoms with Crippen molar-refractivity contribution < 1.29 is 28.4 Å². The lowest BCUT2D eigenvalue weighted by molar-refractivity contribution is -0.384. The van der Waals surface area contributed by atoms with Gasteiger partial charge in [0.05, 0.1) is 28.3 Å². The Morgan fingerprint density at radius 3 is 2.56 bits per heavy atom. The van der Waals surface area contributed by atoms with E-state index >= 15 is 0 Å². The number of carbonyl (C=O) groups is 2. The van der Waals surface area contributed by atoms with E-state index in [0.29, 0.717) is 0 Å². The van der Waals surface area contributed by atoms with E-state index in [9.17, 15) is 24.1 Å².